The van der Waals surface area contributed by atoms with Crippen LogP contribution in [-0.4, -0.2) is 78.6 Å². The molecule has 50 heavy (non-hydrogen) atoms. The lowest BCUT2D eigenvalue weighted by atomic mass is 9.99. The van der Waals surface area contributed by atoms with Gasteiger partial charge in [0.2, 0.25) is 0 Å². The van der Waals surface area contributed by atoms with Gasteiger partial charge in [0, 0.05) is 41.4 Å². The standard InChI is InChI=1S/C38H41N7O5/c1-38(2,3)50-37(48)43-13-5-6-26(20-43)45-19-25(18-41-45)31-17-29-34(39-22-40-35(29)42-31)27-7-4-8-32(30(27)21-46)44-14-15-49-33-16-24(23-9-10-23)11-12-28(33)36(44)47/h4,7-8,11-12,16-19,22-23,26,46H,5-6,9-10,13-15,20-21H2,1-3H3,(H,39,40,42). The van der Waals surface area contributed by atoms with Crippen LogP contribution in [-0.2, 0) is 11.3 Å². The quantitative estimate of drug-likeness (QED) is 0.209. The number of fused-ring (bicyclic) bond motifs is 2. The number of anilines is 1. The lowest BCUT2D eigenvalue weighted by Crippen LogP contribution is -2.43. The van der Waals surface area contributed by atoms with Gasteiger partial charge in [-0.3, -0.25) is 9.48 Å². The van der Waals surface area contributed by atoms with Crippen LogP contribution in [0.3, 0.4) is 0 Å². The summed E-state index contributed by atoms with van der Waals surface area (Å²) in [5, 5.41) is 16.2. The molecule has 1 atom stereocenters. The number of aromatic amines is 1. The van der Waals surface area contributed by atoms with Crippen LogP contribution in [0.1, 0.15) is 79.9 Å². The van der Waals surface area contributed by atoms with E-state index in [0.29, 0.717) is 71.6 Å². The first-order valence-corrected chi connectivity index (χ1v) is 17.3. The number of rotatable bonds is 6. The number of hydrogen-bond donors (Lipinski definition) is 2. The monoisotopic (exact) mass is 675 g/mol. The number of ether oxygens (including phenoxy) is 2. The van der Waals surface area contributed by atoms with Crippen molar-refractivity contribution in [3.05, 3.63) is 77.9 Å². The second-order valence-corrected chi connectivity index (χ2v) is 14.4. The summed E-state index contributed by atoms with van der Waals surface area (Å²) in [5.41, 5.74) is 6.09. The predicted molar refractivity (Wildman–Crippen MR) is 188 cm³/mol. The molecule has 1 saturated carbocycles. The summed E-state index contributed by atoms with van der Waals surface area (Å²) >= 11 is 0. The van der Waals surface area contributed by atoms with E-state index in [2.05, 4.69) is 20.1 Å². The lowest BCUT2D eigenvalue weighted by molar-refractivity contribution is 0.0167. The minimum atomic E-state index is -0.551. The Balaban J connectivity index is 1.08. The van der Waals surface area contributed by atoms with Crippen molar-refractivity contribution in [3.63, 3.8) is 0 Å². The molecule has 2 amide bonds. The van der Waals surface area contributed by atoms with Gasteiger partial charge in [-0.15, -0.1) is 0 Å². The van der Waals surface area contributed by atoms with E-state index in [-0.39, 0.29) is 24.6 Å². The van der Waals surface area contributed by atoms with Gasteiger partial charge in [0.25, 0.3) is 5.91 Å². The fraction of sp³-hybridized carbons (Fsp3) is 0.395. The van der Waals surface area contributed by atoms with Crippen LogP contribution in [0.25, 0.3) is 33.5 Å². The summed E-state index contributed by atoms with van der Waals surface area (Å²) in [5.74, 6) is 1.01. The molecule has 1 unspecified atom stereocenters. The van der Waals surface area contributed by atoms with Crippen LogP contribution in [0, 0.1) is 0 Å². The van der Waals surface area contributed by atoms with Crippen LogP contribution in [0.15, 0.2) is 61.2 Å². The topological polar surface area (TPSA) is 139 Å². The van der Waals surface area contributed by atoms with Crippen LogP contribution in [0.4, 0.5) is 10.5 Å². The Hall–Kier alpha value is -5.23. The van der Waals surface area contributed by atoms with Gasteiger partial charge in [0.15, 0.2) is 0 Å². The zero-order valence-corrected chi connectivity index (χ0v) is 28.6. The average Bonchev–Trinajstić information content (AvgIpc) is 3.72. The molecule has 3 aliphatic rings. The van der Waals surface area contributed by atoms with Crippen LogP contribution >= 0.6 is 0 Å². The minimum Gasteiger partial charge on any atom is -0.491 e. The van der Waals surface area contributed by atoms with Crippen LogP contribution in [0.5, 0.6) is 5.75 Å². The van der Waals surface area contributed by atoms with Crippen molar-refractivity contribution in [1.29, 1.82) is 0 Å². The number of likely N-dealkylation sites (tertiary alicyclic amines) is 1. The molecule has 2 aliphatic heterocycles. The molecule has 2 N–H and O–H groups in total. The first-order valence-electron chi connectivity index (χ1n) is 17.3. The smallest absolute Gasteiger partial charge is 0.410 e. The number of carbonyl (C=O) groups is 2. The zero-order valence-electron chi connectivity index (χ0n) is 28.6. The molecule has 0 radical (unpaired) electrons. The lowest BCUT2D eigenvalue weighted by Gasteiger charge is -2.34. The number of nitrogens with zero attached hydrogens (tertiary/aromatic N) is 6. The highest BCUT2D eigenvalue weighted by Gasteiger charge is 2.31. The highest BCUT2D eigenvalue weighted by molar-refractivity contribution is 6.09. The highest BCUT2D eigenvalue weighted by Crippen LogP contribution is 2.43. The zero-order chi connectivity index (χ0) is 34.6. The molecule has 0 spiro atoms. The van der Waals surface area contributed by atoms with Crippen molar-refractivity contribution < 1.29 is 24.2 Å². The van der Waals surface area contributed by atoms with Crippen molar-refractivity contribution in [2.24, 2.45) is 0 Å². The molecular formula is C38H41N7O5. The normalized spacial score (nSPS) is 18.2. The summed E-state index contributed by atoms with van der Waals surface area (Å²) < 4.78 is 13.6. The molecule has 5 heterocycles. The number of aromatic nitrogens is 5. The summed E-state index contributed by atoms with van der Waals surface area (Å²) in [6.45, 7) is 7.20. The predicted octanol–water partition coefficient (Wildman–Crippen LogP) is 6.47. The number of hydrogen-bond acceptors (Lipinski definition) is 8. The molecule has 2 aromatic carbocycles. The molecule has 12 heteroatoms. The van der Waals surface area contributed by atoms with E-state index in [4.69, 9.17) is 9.47 Å². The van der Waals surface area contributed by atoms with Gasteiger partial charge in [-0.05, 0) is 82.2 Å². The number of piperidine rings is 1. The third-order valence-corrected chi connectivity index (χ3v) is 9.72. The van der Waals surface area contributed by atoms with Gasteiger partial charge in [0.1, 0.15) is 29.9 Å². The number of benzene rings is 2. The van der Waals surface area contributed by atoms with Crippen molar-refractivity contribution in [2.75, 3.05) is 31.1 Å². The molecule has 1 saturated heterocycles. The van der Waals surface area contributed by atoms with E-state index in [1.165, 1.54) is 24.7 Å². The van der Waals surface area contributed by atoms with Gasteiger partial charge < -0.3 is 29.4 Å². The number of amides is 2. The van der Waals surface area contributed by atoms with E-state index in [0.717, 1.165) is 29.5 Å². The van der Waals surface area contributed by atoms with Crippen LogP contribution < -0.4 is 9.64 Å². The molecule has 0 bridgehead atoms. The molecule has 12 nitrogen and oxygen atoms in total. The fourth-order valence-electron chi connectivity index (χ4n) is 7.09. The molecule has 8 rings (SSSR count). The molecule has 258 valence electrons. The maximum atomic E-state index is 13.9. The summed E-state index contributed by atoms with van der Waals surface area (Å²) in [7, 11) is 0. The van der Waals surface area contributed by atoms with Gasteiger partial charge in [-0.25, -0.2) is 14.8 Å². The molecule has 3 aromatic heterocycles. The van der Waals surface area contributed by atoms with E-state index >= 15 is 0 Å². The van der Waals surface area contributed by atoms with Gasteiger partial charge in [0.05, 0.1) is 48.0 Å². The molecular weight excluding hydrogens is 634 g/mol. The minimum absolute atomic E-state index is 0.0268. The number of carbonyl (C=O) groups excluding carboxylic acids is 2. The Labute approximate surface area is 290 Å². The first kappa shape index (κ1) is 32.0. The third kappa shape index (κ3) is 6.08. The van der Waals surface area contributed by atoms with E-state index in [1.54, 1.807) is 9.80 Å². The average molecular weight is 676 g/mol. The fourth-order valence-corrected chi connectivity index (χ4v) is 7.09. The maximum absolute atomic E-state index is 13.9. The van der Waals surface area contributed by atoms with Crippen molar-refractivity contribution >= 4 is 28.7 Å². The number of aliphatic hydroxyl groups excluding tert-OH is 1. The van der Waals surface area contributed by atoms with Crippen molar-refractivity contribution in [3.8, 4) is 28.3 Å². The Morgan fingerprint density at radius 1 is 1.08 bits per heavy atom. The van der Waals surface area contributed by atoms with Gasteiger partial charge in [-0.2, -0.15) is 5.10 Å². The molecule has 2 fully saturated rings. The second kappa shape index (κ2) is 12.6. The number of aliphatic hydroxyl groups is 1. The Bertz CT molecular complexity index is 2090. The van der Waals surface area contributed by atoms with E-state index < -0.39 is 5.60 Å². The van der Waals surface area contributed by atoms with Gasteiger partial charge >= 0.3 is 6.09 Å². The molecule has 5 aromatic rings. The summed E-state index contributed by atoms with van der Waals surface area (Å²) in [6.07, 6.45) is 9.10. The Morgan fingerprint density at radius 3 is 2.74 bits per heavy atom. The summed E-state index contributed by atoms with van der Waals surface area (Å²) in [6, 6.07) is 13.6. The Morgan fingerprint density at radius 2 is 1.94 bits per heavy atom. The van der Waals surface area contributed by atoms with Gasteiger partial charge in [-0.1, -0.05) is 18.2 Å². The van der Waals surface area contributed by atoms with Crippen molar-refractivity contribution in [1.82, 2.24) is 29.6 Å². The summed E-state index contributed by atoms with van der Waals surface area (Å²) in [4.78, 5) is 42.8. The Kier molecular flexibility index (Phi) is 8.05. The highest BCUT2D eigenvalue weighted by atomic mass is 16.6. The SMILES string of the molecule is CC(C)(C)OC(=O)N1CCCC(n2cc(-c3cc4c(-c5cccc(N6CCOc7cc(C8CC8)ccc7C6=O)c5CO)ncnc4[nH]3)cn2)C1. The molecule has 1 aliphatic carbocycles. The number of H-pyrrole nitrogens is 1. The number of nitrogens with one attached hydrogen (secondary N) is 1. The second-order valence-electron chi connectivity index (χ2n) is 14.4. The van der Waals surface area contributed by atoms with E-state index in [1.807, 2.05) is 80.3 Å². The maximum Gasteiger partial charge on any atom is 0.410 e. The first-order chi connectivity index (χ1) is 24.2. The van der Waals surface area contributed by atoms with Crippen molar-refractivity contribution in [2.45, 2.75) is 70.6 Å². The largest absolute Gasteiger partial charge is 0.491 e. The van der Waals surface area contributed by atoms with E-state index in [9.17, 15) is 14.7 Å². The van der Waals surface area contributed by atoms with Crippen LogP contribution in [0.2, 0.25) is 0 Å². The third-order valence-electron chi connectivity index (χ3n) is 9.72.